The molecule has 120 valence electrons. The van der Waals surface area contributed by atoms with Crippen molar-refractivity contribution in [2.24, 2.45) is 0 Å². The second-order valence-corrected chi connectivity index (χ2v) is 5.44. The summed E-state index contributed by atoms with van der Waals surface area (Å²) in [5.74, 6) is 2.19. The van der Waals surface area contributed by atoms with Gasteiger partial charge in [-0.15, -0.1) is 0 Å². The van der Waals surface area contributed by atoms with Crippen LogP contribution in [0.25, 0.3) is 33.2 Å². The van der Waals surface area contributed by atoms with Gasteiger partial charge < -0.3 is 20.2 Å². The van der Waals surface area contributed by atoms with E-state index in [1.165, 1.54) is 0 Å². The van der Waals surface area contributed by atoms with E-state index in [0.717, 1.165) is 21.9 Å². The molecule has 0 saturated carbocycles. The van der Waals surface area contributed by atoms with Crippen LogP contribution < -0.4 is 15.2 Å². The molecule has 0 fully saturated rings. The fraction of sp³-hybridized carbons (Fsp3) is 0.111. The summed E-state index contributed by atoms with van der Waals surface area (Å²) in [4.78, 5) is 12.3. The summed E-state index contributed by atoms with van der Waals surface area (Å²) in [6.07, 6.45) is 1.90. The highest BCUT2D eigenvalue weighted by Gasteiger charge is 2.13. The Morgan fingerprint density at radius 2 is 1.75 bits per heavy atom. The van der Waals surface area contributed by atoms with Gasteiger partial charge in [0.2, 0.25) is 0 Å². The molecule has 0 aliphatic carbocycles. The zero-order chi connectivity index (χ0) is 16.7. The number of rotatable bonds is 3. The van der Waals surface area contributed by atoms with Crippen LogP contribution >= 0.6 is 0 Å². The Kier molecular flexibility index (Phi) is 3.23. The maximum absolute atomic E-state index is 6.15. The molecular formula is C18H16N4O2. The van der Waals surface area contributed by atoms with Gasteiger partial charge in [-0.2, -0.15) is 0 Å². The average molecular weight is 320 g/mol. The summed E-state index contributed by atoms with van der Waals surface area (Å²) in [5, 5.41) is 1.83. The molecular weight excluding hydrogens is 304 g/mol. The van der Waals surface area contributed by atoms with Crippen molar-refractivity contribution in [3.8, 4) is 22.9 Å². The third-order valence-electron chi connectivity index (χ3n) is 4.04. The van der Waals surface area contributed by atoms with Crippen LogP contribution in [0.4, 0.5) is 5.82 Å². The standard InChI is InChI=1S/C18H16N4O2/c1-23-15-8-12-14(9-16(15)24-2)21-18(22-17(12)19)11-3-4-13-10(7-11)5-6-20-13/h3-9,20H,1-2H3,(H2,19,21,22). The Bertz CT molecular complexity index is 1060. The normalized spacial score (nSPS) is 11.1. The number of H-pyrrole nitrogens is 1. The second kappa shape index (κ2) is 5.42. The van der Waals surface area contributed by atoms with Crippen LogP contribution in [0.3, 0.4) is 0 Å². The number of ether oxygens (including phenoxy) is 2. The van der Waals surface area contributed by atoms with Crippen LogP contribution in [0, 0.1) is 0 Å². The number of hydrogen-bond donors (Lipinski definition) is 2. The molecule has 0 spiro atoms. The highest BCUT2D eigenvalue weighted by molar-refractivity contribution is 5.93. The molecule has 2 aromatic carbocycles. The van der Waals surface area contributed by atoms with E-state index < -0.39 is 0 Å². The largest absolute Gasteiger partial charge is 0.493 e. The topological polar surface area (TPSA) is 86.0 Å². The molecule has 0 unspecified atom stereocenters. The monoisotopic (exact) mass is 320 g/mol. The highest BCUT2D eigenvalue weighted by atomic mass is 16.5. The first-order valence-corrected chi connectivity index (χ1v) is 7.46. The quantitative estimate of drug-likeness (QED) is 0.604. The molecule has 0 amide bonds. The summed E-state index contributed by atoms with van der Waals surface area (Å²) >= 11 is 0. The van der Waals surface area contributed by atoms with Crippen LogP contribution in [0.15, 0.2) is 42.6 Å². The third kappa shape index (κ3) is 2.20. The molecule has 24 heavy (non-hydrogen) atoms. The summed E-state index contributed by atoms with van der Waals surface area (Å²) in [5.41, 5.74) is 8.84. The molecule has 4 rings (SSSR count). The molecule has 2 heterocycles. The average Bonchev–Trinajstić information content (AvgIpc) is 3.08. The van der Waals surface area contributed by atoms with Gasteiger partial charge in [0.05, 0.1) is 19.7 Å². The number of aromatic amines is 1. The number of benzene rings is 2. The molecule has 0 aliphatic rings. The first-order valence-electron chi connectivity index (χ1n) is 7.46. The summed E-state index contributed by atoms with van der Waals surface area (Å²) in [7, 11) is 3.18. The summed E-state index contributed by atoms with van der Waals surface area (Å²) in [6.45, 7) is 0. The fourth-order valence-corrected chi connectivity index (χ4v) is 2.80. The Balaban J connectivity index is 1.92. The fourth-order valence-electron chi connectivity index (χ4n) is 2.80. The number of methoxy groups -OCH3 is 2. The molecule has 0 aliphatic heterocycles. The van der Waals surface area contributed by atoms with Gasteiger partial charge >= 0.3 is 0 Å². The number of nitrogens with two attached hydrogens (primary N) is 1. The Morgan fingerprint density at radius 3 is 2.54 bits per heavy atom. The second-order valence-electron chi connectivity index (χ2n) is 5.44. The van der Waals surface area contributed by atoms with Gasteiger partial charge in [-0.05, 0) is 30.3 Å². The predicted octanol–water partition coefficient (Wildman–Crippen LogP) is 3.38. The SMILES string of the molecule is COc1cc2nc(-c3ccc4[nH]ccc4c3)nc(N)c2cc1OC. The van der Waals surface area contributed by atoms with E-state index in [1.54, 1.807) is 20.3 Å². The van der Waals surface area contributed by atoms with Gasteiger partial charge in [0, 0.05) is 34.1 Å². The van der Waals surface area contributed by atoms with Crippen molar-refractivity contribution in [3.05, 3.63) is 42.6 Å². The number of nitrogens with zero attached hydrogens (tertiary/aromatic N) is 2. The number of aromatic nitrogens is 3. The van der Waals surface area contributed by atoms with Crippen molar-refractivity contribution in [1.82, 2.24) is 15.0 Å². The van der Waals surface area contributed by atoms with Crippen LogP contribution in [-0.4, -0.2) is 29.2 Å². The van der Waals surface area contributed by atoms with Crippen molar-refractivity contribution in [2.45, 2.75) is 0 Å². The Morgan fingerprint density at radius 1 is 0.958 bits per heavy atom. The molecule has 6 heteroatoms. The molecule has 0 radical (unpaired) electrons. The Hall–Kier alpha value is -3.28. The molecule has 2 aromatic heterocycles. The van der Waals surface area contributed by atoms with Crippen molar-refractivity contribution in [2.75, 3.05) is 20.0 Å². The van der Waals surface area contributed by atoms with Gasteiger partial charge in [0.15, 0.2) is 17.3 Å². The lowest BCUT2D eigenvalue weighted by Crippen LogP contribution is -1.99. The molecule has 0 atom stereocenters. The number of fused-ring (bicyclic) bond motifs is 2. The van der Waals surface area contributed by atoms with Gasteiger partial charge in [0.1, 0.15) is 5.82 Å². The summed E-state index contributed by atoms with van der Waals surface area (Å²) < 4.78 is 10.7. The zero-order valence-corrected chi connectivity index (χ0v) is 13.3. The number of anilines is 1. The van der Waals surface area contributed by atoms with Gasteiger partial charge in [-0.25, -0.2) is 9.97 Å². The first kappa shape index (κ1) is 14.3. The van der Waals surface area contributed by atoms with Gasteiger partial charge in [-0.3, -0.25) is 0 Å². The van der Waals surface area contributed by atoms with Crippen LogP contribution in [-0.2, 0) is 0 Å². The lowest BCUT2D eigenvalue weighted by molar-refractivity contribution is 0.356. The van der Waals surface area contributed by atoms with E-state index in [0.29, 0.717) is 28.7 Å². The van der Waals surface area contributed by atoms with Gasteiger partial charge in [0.25, 0.3) is 0 Å². The van der Waals surface area contributed by atoms with Crippen molar-refractivity contribution in [3.63, 3.8) is 0 Å². The number of hydrogen-bond acceptors (Lipinski definition) is 5. The maximum atomic E-state index is 6.15. The smallest absolute Gasteiger partial charge is 0.162 e. The van der Waals surface area contributed by atoms with Crippen molar-refractivity contribution >= 4 is 27.6 Å². The van der Waals surface area contributed by atoms with E-state index in [1.807, 2.05) is 36.5 Å². The zero-order valence-electron chi connectivity index (χ0n) is 13.3. The van der Waals surface area contributed by atoms with Crippen LogP contribution in [0.5, 0.6) is 11.5 Å². The van der Waals surface area contributed by atoms with E-state index in [4.69, 9.17) is 15.2 Å². The number of nitrogens with one attached hydrogen (secondary N) is 1. The molecule has 3 N–H and O–H groups in total. The highest BCUT2D eigenvalue weighted by Crippen LogP contribution is 2.34. The minimum absolute atomic E-state index is 0.408. The number of nitrogen functional groups attached to an aromatic ring is 1. The molecule has 4 aromatic rings. The van der Waals surface area contributed by atoms with E-state index in [9.17, 15) is 0 Å². The van der Waals surface area contributed by atoms with E-state index in [2.05, 4.69) is 15.0 Å². The molecule has 0 bridgehead atoms. The maximum Gasteiger partial charge on any atom is 0.162 e. The van der Waals surface area contributed by atoms with Crippen molar-refractivity contribution in [1.29, 1.82) is 0 Å². The molecule has 6 nitrogen and oxygen atoms in total. The minimum atomic E-state index is 0.408. The lowest BCUT2D eigenvalue weighted by atomic mass is 10.1. The van der Waals surface area contributed by atoms with Crippen LogP contribution in [0.2, 0.25) is 0 Å². The third-order valence-corrected chi connectivity index (χ3v) is 4.04. The van der Waals surface area contributed by atoms with Crippen molar-refractivity contribution < 1.29 is 9.47 Å². The summed E-state index contributed by atoms with van der Waals surface area (Å²) in [6, 6.07) is 11.6. The predicted molar refractivity (Wildman–Crippen MR) is 94.3 cm³/mol. The van der Waals surface area contributed by atoms with E-state index >= 15 is 0 Å². The van der Waals surface area contributed by atoms with E-state index in [-0.39, 0.29) is 0 Å². The minimum Gasteiger partial charge on any atom is -0.493 e. The first-order chi connectivity index (χ1) is 11.7. The lowest BCUT2D eigenvalue weighted by Gasteiger charge is -2.11. The van der Waals surface area contributed by atoms with Gasteiger partial charge in [-0.1, -0.05) is 0 Å². The Labute approximate surface area is 138 Å². The van der Waals surface area contributed by atoms with Crippen LogP contribution in [0.1, 0.15) is 0 Å². The molecule has 0 saturated heterocycles.